The summed E-state index contributed by atoms with van der Waals surface area (Å²) in [5, 5.41) is 0.489. The Morgan fingerprint density at radius 1 is 1.21 bits per heavy atom. The Hall–Kier alpha value is -1.69. The lowest BCUT2D eigenvalue weighted by atomic mass is 10.1. The van der Waals surface area contributed by atoms with Crippen LogP contribution in [0, 0.1) is 31.3 Å². The van der Waals surface area contributed by atoms with Crippen molar-refractivity contribution in [2.24, 2.45) is 0 Å². The highest BCUT2D eigenvalue weighted by Crippen LogP contribution is 2.21. The highest BCUT2D eigenvalue weighted by atomic mass is 32.1. The van der Waals surface area contributed by atoms with E-state index in [0.29, 0.717) is 17.1 Å². The first-order chi connectivity index (χ1) is 8.88. The lowest BCUT2D eigenvalue weighted by Gasteiger charge is -2.03. The first-order valence-electron chi connectivity index (χ1n) is 5.49. The number of carbonyl (C=O) groups is 1. The minimum absolute atomic E-state index is 0.196. The van der Waals surface area contributed by atoms with E-state index in [1.165, 1.54) is 11.3 Å². The van der Waals surface area contributed by atoms with Crippen LogP contribution < -0.4 is 0 Å². The molecule has 2 aromatic rings. The number of rotatable bonds is 3. The van der Waals surface area contributed by atoms with Gasteiger partial charge in [-0.2, -0.15) is 0 Å². The van der Waals surface area contributed by atoms with Crippen LogP contribution in [0.2, 0.25) is 0 Å². The van der Waals surface area contributed by atoms with E-state index in [0.717, 1.165) is 10.6 Å². The quantitative estimate of drug-likeness (QED) is 0.806. The maximum Gasteiger partial charge on any atom is 0.175 e. The molecule has 0 aliphatic heterocycles. The molecule has 0 aliphatic rings. The summed E-state index contributed by atoms with van der Waals surface area (Å²) >= 11 is 1.30. The largest absolute Gasteiger partial charge is 0.293 e. The monoisotopic (exact) mass is 285 g/mol. The first kappa shape index (κ1) is 13.7. The van der Waals surface area contributed by atoms with E-state index in [1.54, 1.807) is 6.92 Å². The van der Waals surface area contributed by atoms with Gasteiger partial charge in [0.25, 0.3) is 0 Å². The molecule has 0 amide bonds. The molecule has 0 saturated heterocycles. The van der Waals surface area contributed by atoms with E-state index in [9.17, 15) is 18.0 Å². The Bertz CT molecular complexity index is 609. The molecule has 6 heteroatoms. The average molecular weight is 285 g/mol. The van der Waals surface area contributed by atoms with Gasteiger partial charge in [-0.15, -0.1) is 11.3 Å². The minimum atomic E-state index is -1.19. The van der Waals surface area contributed by atoms with Gasteiger partial charge in [0.2, 0.25) is 0 Å². The van der Waals surface area contributed by atoms with Crippen LogP contribution in [0.3, 0.4) is 0 Å². The van der Waals surface area contributed by atoms with Gasteiger partial charge in [0.05, 0.1) is 17.7 Å². The van der Waals surface area contributed by atoms with Crippen molar-refractivity contribution in [3.8, 4) is 0 Å². The predicted octanol–water partition coefficient (Wildman–Crippen LogP) is 3.60. The van der Waals surface area contributed by atoms with E-state index in [1.807, 2.05) is 6.92 Å². The van der Waals surface area contributed by atoms with E-state index in [2.05, 4.69) is 4.98 Å². The van der Waals surface area contributed by atoms with Crippen molar-refractivity contribution in [1.82, 2.24) is 4.98 Å². The number of halogens is 3. The second-order valence-corrected chi connectivity index (χ2v) is 5.38. The molecule has 0 unspecified atom stereocenters. The Balaban J connectivity index is 2.30. The van der Waals surface area contributed by atoms with Crippen LogP contribution in [-0.2, 0) is 6.42 Å². The first-order valence-corrected chi connectivity index (χ1v) is 6.30. The van der Waals surface area contributed by atoms with Crippen LogP contribution in [0.4, 0.5) is 13.2 Å². The lowest BCUT2D eigenvalue weighted by Crippen LogP contribution is -2.09. The topological polar surface area (TPSA) is 30.0 Å². The normalized spacial score (nSPS) is 10.8. The molecule has 0 radical (unpaired) electrons. The highest BCUT2D eigenvalue weighted by molar-refractivity contribution is 7.11. The fraction of sp³-hybridized carbons (Fsp3) is 0.231. The van der Waals surface area contributed by atoms with Crippen molar-refractivity contribution in [2.45, 2.75) is 20.3 Å². The number of Topliss-reactive ketones (excluding diaryl/α,β-unsaturated/α-hetero) is 1. The second-order valence-electron chi connectivity index (χ2n) is 4.09. The van der Waals surface area contributed by atoms with Gasteiger partial charge in [0, 0.05) is 17.0 Å². The molecule has 0 aliphatic carbocycles. The molecular formula is C13H10F3NOS. The summed E-state index contributed by atoms with van der Waals surface area (Å²) in [6, 6.07) is 0.989. The number of ketones is 1. The van der Waals surface area contributed by atoms with Gasteiger partial charge in [-0.25, -0.2) is 18.2 Å². The molecule has 0 saturated carbocycles. The molecule has 1 heterocycles. The summed E-state index contributed by atoms with van der Waals surface area (Å²) in [7, 11) is 0. The van der Waals surface area contributed by atoms with Crippen molar-refractivity contribution < 1.29 is 18.0 Å². The molecule has 19 heavy (non-hydrogen) atoms. The number of hydrogen-bond acceptors (Lipinski definition) is 3. The van der Waals surface area contributed by atoms with Gasteiger partial charge in [-0.05, 0) is 13.8 Å². The highest BCUT2D eigenvalue weighted by Gasteiger charge is 2.20. The van der Waals surface area contributed by atoms with E-state index >= 15 is 0 Å². The van der Waals surface area contributed by atoms with Gasteiger partial charge < -0.3 is 0 Å². The summed E-state index contributed by atoms with van der Waals surface area (Å²) in [4.78, 5) is 16.9. The zero-order valence-electron chi connectivity index (χ0n) is 10.3. The van der Waals surface area contributed by atoms with Gasteiger partial charge in [-0.1, -0.05) is 0 Å². The van der Waals surface area contributed by atoms with Gasteiger partial charge in [0.1, 0.15) is 22.5 Å². The smallest absolute Gasteiger partial charge is 0.175 e. The van der Waals surface area contributed by atoms with Gasteiger partial charge in [-0.3, -0.25) is 4.79 Å². The molecule has 0 atom stereocenters. The Morgan fingerprint density at radius 2 is 1.79 bits per heavy atom. The number of thiazole rings is 1. The average Bonchev–Trinajstić information content (AvgIpc) is 2.55. The predicted molar refractivity (Wildman–Crippen MR) is 65.9 cm³/mol. The van der Waals surface area contributed by atoms with Gasteiger partial charge in [0.15, 0.2) is 5.78 Å². The maximum absolute atomic E-state index is 13.4. The number of hydrogen-bond donors (Lipinski definition) is 0. The summed E-state index contributed by atoms with van der Waals surface area (Å²) in [5.74, 6) is -4.17. The molecular weight excluding hydrogens is 275 g/mol. The Kier molecular flexibility index (Phi) is 3.71. The van der Waals surface area contributed by atoms with Crippen molar-refractivity contribution in [3.05, 3.63) is 50.7 Å². The molecule has 0 fully saturated rings. The third kappa shape index (κ3) is 2.84. The van der Waals surface area contributed by atoms with Crippen LogP contribution in [-0.4, -0.2) is 10.8 Å². The standard InChI is InChI=1S/C13H10F3NOS/c1-6-7(2)19-12(17-6)5-11(18)13-9(15)3-8(14)4-10(13)16/h3-4H,5H2,1-2H3. The van der Waals surface area contributed by atoms with Gasteiger partial charge >= 0.3 is 0 Å². The maximum atomic E-state index is 13.4. The fourth-order valence-corrected chi connectivity index (χ4v) is 2.58. The molecule has 2 nitrogen and oxygen atoms in total. The number of carbonyl (C=O) groups excluding carboxylic acids is 1. The number of aryl methyl sites for hydroxylation is 2. The summed E-state index contributed by atoms with van der Waals surface area (Å²) in [6.45, 7) is 3.64. The van der Waals surface area contributed by atoms with Crippen molar-refractivity contribution in [3.63, 3.8) is 0 Å². The Labute approximate surface area is 111 Å². The lowest BCUT2D eigenvalue weighted by molar-refractivity contribution is 0.0984. The third-order valence-electron chi connectivity index (χ3n) is 2.67. The van der Waals surface area contributed by atoms with E-state index in [-0.39, 0.29) is 6.42 Å². The zero-order chi connectivity index (χ0) is 14.2. The number of nitrogens with zero attached hydrogens (tertiary/aromatic N) is 1. The molecule has 0 spiro atoms. The second kappa shape index (κ2) is 5.13. The molecule has 0 bridgehead atoms. The molecule has 100 valence electrons. The number of aromatic nitrogens is 1. The third-order valence-corrected chi connectivity index (χ3v) is 3.74. The molecule has 1 aromatic carbocycles. The van der Waals surface area contributed by atoms with Crippen LogP contribution in [0.15, 0.2) is 12.1 Å². The minimum Gasteiger partial charge on any atom is -0.293 e. The van der Waals surface area contributed by atoms with E-state index < -0.39 is 28.8 Å². The van der Waals surface area contributed by atoms with E-state index in [4.69, 9.17) is 0 Å². The SMILES string of the molecule is Cc1nc(CC(=O)c2c(F)cc(F)cc2F)sc1C. The van der Waals surface area contributed by atoms with Crippen LogP contribution in [0.1, 0.15) is 25.9 Å². The summed E-state index contributed by atoms with van der Waals surface area (Å²) in [6.07, 6.45) is -0.196. The van der Waals surface area contributed by atoms with Crippen LogP contribution >= 0.6 is 11.3 Å². The number of benzene rings is 1. The molecule has 2 rings (SSSR count). The zero-order valence-corrected chi connectivity index (χ0v) is 11.1. The summed E-state index contributed by atoms with van der Waals surface area (Å²) in [5.41, 5.74) is 0.0692. The fourth-order valence-electron chi connectivity index (χ4n) is 1.65. The van der Waals surface area contributed by atoms with Crippen LogP contribution in [0.25, 0.3) is 0 Å². The van der Waals surface area contributed by atoms with Crippen molar-refractivity contribution in [1.29, 1.82) is 0 Å². The van der Waals surface area contributed by atoms with Crippen molar-refractivity contribution in [2.75, 3.05) is 0 Å². The Morgan fingerprint density at radius 3 is 2.26 bits per heavy atom. The van der Waals surface area contributed by atoms with Crippen LogP contribution in [0.5, 0.6) is 0 Å². The molecule has 0 N–H and O–H groups in total. The van der Waals surface area contributed by atoms with Crippen molar-refractivity contribution >= 4 is 17.1 Å². The summed E-state index contributed by atoms with van der Waals surface area (Å²) < 4.78 is 39.6. The molecule has 1 aromatic heterocycles.